The molecule has 0 bridgehead atoms. The minimum Gasteiger partial charge on any atom is -0.382 e. The molecule has 0 aromatic rings. The van der Waals surface area contributed by atoms with Gasteiger partial charge in [0, 0.05) is 13.0 Å². The fourth-order valence-corrected chi connectivity index (χ4v) is 1.55. The van der Waals surface area contributed by atoms with E-state index in [9.17, 15) is 5.11 Å². The van der Waals surface area contributed by atoms with Gasteiger partial charge in [-0.25, -0.2) is 5.11 Å². The van der Waals surface area contributed by atoms with Crippen LogP contribution in [0.3, 0.4) is 0 Å². The molecule has 3 heteroatoms. The van der Waals surface area contributed by atoms with Crippen LogP contribution in [0.1, 0.15) is 52.9 Å². The van der Waals surface area contributed by atoms with Crippen molar-refractivity contribution < 1.29 is 14.6 Å². The van der Waals surface area contributed by atoms with E-state index in [4.69, 9.17) is 9.47 Å². The standard InChI is InChI=1S/C13H27O3/c1-4-7-8-12(5-2)11-16-13(14)9-10-15-6-3/h12-13H,4-11H2,1-3H3. The molecule has 0 spiro atoms. The van der Waals surface area contributed by atoms with Crippen LogP contribution >= 0.6 is 0 Å². The first kappa shape index (κ1) is 15.9. The Morgan fingerprint density at radius 1 is 1.12 bits per heavy atom. The van der Waals surface area contributed by atoms with E-state index in [-0.39, 0.29) is 0 Å². The summed E-state index contributed by atoms with van der Waals surface area (Å²) in [5.74, 6) is 0.545. The van der Waals surface area contributed by atoms with Crippen molar-refractivity contribution >= 4 is 0 Å². The molecule has 16 heavy (non-hydrogen) atoms. The Labute approximate surface area is 100 Å². The van der Waals surface area contributed by atoms with Gasteiger partial charge in [-0.1, -0.05) is 33.1 Å². The average Bonchev–Trinajstić information content (AvgIpc) is 2.30. The minimum absolute atomic E-state index is 0.456. The molecule has 0 N–H and O–H groups in total. The summed E-state index contributed by atoms with van der Waals surface area (Å²) in [5, 5.41) is 11.4. The summed E-state index contributed by atoms with van der Waals surface area (Å²) in [6, 6.07) is 0. The monoisotopic (exact) mass is 231 g/mol. The highest BCUT2D eigenvalue weighted by atomic mass is 16.6. The second-order valence-electron chi connectivity index (χ2n) is 4.16. The molecule has 0 aliphatic carbocycles. The van der Waals surface area contributed by atoms with E-state index in [1.807, 2.05) is 6.92 Å². The van der Waals surface area contributed by atoms with Crippen molar-refractivity contribution in [3.8, 4) is 0 Å². The lowest BCUT2D eigenvalue weighted by atomic mass is 10.0. The van der Waals surface area contributed by atoms with Crippen LogP contribution in [-0.2, 0) is 14.6 Å². The van der Waals surface area contributed by atoms with Gasteiger partial charge in [-0.3, -0.25) is 0 Å². The molecule has 0 amide bonds. The summed E-state index contributed by atoms with van der Waals surface area (Å²) < 4.78 is 10.4. The molecule has 0 aromatic carbocycles. The molecular weight excluding hydrogens is 204 g/mol. The van der Waals surface area contributed by atoms with Crippen molar-refractivity contribution in [3.63, 3.8) is 0 Å². The molecular formula is C13H27O3. The Morgan fingerprint density at radius 2 is 1.88 bits per heavy atom. The lowest BCUT2D eigenvalue weighted by molar-refractivity contribution is -0.158. The zero-order chi connectivity index (χ0) is 12.2. The molecule has 0 rings (SSSR count). The normalized spacial score (nSPS) is 15.0. The van der Waals surface area contributed by atoms with Crippen LogP contribution in [-0.4, -0.2) is 26.1 Å². The van der Waals surface area contributed by atoms with Gasteiger partial charge in [0.05, 0.1) is 13.2 Å². The molecule has 0 saturated heterocycles. The zero-order valence-corrected chi connectivity index (χ0v) is 11.0. The van der Waals surface area contributed by atoms with Crippen molar-refractivity contribution in [2.24, 2.45) is 5.92 Å². The number of rotatable bonds is 11. The maximum Gasteiger partial charge on any atom is 0.193 e. The van der Waals surface area contributed by atoms with E-state index >= 15 is 0 Å². The maximum absolute atomic E-state index is 11.4. The summed E-state index contributed by atoms with van der Waals surface area (Å²) in [7, 11) is 0. The number of hydrogen-bond acceptors (Lipinski definition) is 2. The SMILES string of the molecule is CCCCC(CC)COC([O])CCOCC. The maximum atomic E-state index is 11.4. The van der Waals surface area contributed by atoms with E-state index in [2.05, 4.69) is 13.8 Å². The molecule has 0 aliphatic heterocycles. The Balaban J connectivity index is 3.50. The fourth-order valence-electron chi connectivity index (χ4n) is 1.55. The topological polar surface area (TPSA) is 38.4 Å². The predicted octanol–water partition coefficient (Wildman–Crippen LogP) is 3.40. The molecule has 0 aliphatic rings. The van der Waals surface area contributed by atoms with Gasteiger partial charge in [-0.2, -0.15) is 0 Å². The molecule has 0 saturated carbocycles. The first-order valence-corrected chi connectivity index (χ1v) is 6.59. The third kappa shape index (κ3) is 9.13. The summed E-state index contributed by atoms with van der Waals surface area (Å²) in [4.78, 5) is 0. The molecule has 2 unspecified atom stereocenters. The smallest absolute Gasteiger partial charge is 0.193 e. The lowest BCUT2D eigenvalue weighted by Gasteiger charge is -2.16. The number of unbranched alkanes of at least 4 members (excludes halogenated alkanes) is 1. The van der Waals surface area contributed by atoms with Crippen molar-refractivity contribution in [1.82, 2.24) is 0 Å². The van der Waals surface area contributed by atoms with Crippen LogP contribution in [0, 0.1) is 5.92 Å². The minimum atomic E-state index is -0.915. The predicted molar refractivity (Wildman–Crippen MR) is 64.8 cm³/mol. The summed E-state index contributed by atoms with van der Waals surface area (Å²) in [6.45, 7) is 8.06. The van der Waals surface area contributed by atoms with Gasteiger partial charge in [-0.05, 0) is 19.3 Å². The van der Waals surface area contributed by atoms with Crippen LogP contribution in [0.15, 0.2) is 0 Å². The molecule has 3 nitrogen and oxygen atoms in total. The second kappa shape index (κ2) is 11.4. The Hall–Kier alpha value is -0.120. The lowest BCUT2D eigenvalue weighted by Crippen LogP contribution is -2.18. The van der Waals surface area contributed by atoms with Gasteiger partial charge >= 0.3 is 0 Å². The van der Waals surface area contributed by atoms with E-state index in [1.54, 1.807) is 0 Å². The Bertz CT molecular complexity index is 139. The third-order valence-corrected chi connectivity index (χ3v) is 2.76. The Morgan fingerprint density at radius 3 is 2.44 bits per heavy atom. The van der Waals surface area contributed by atoms with Crippen LogP contribution in [0.5, 0.6) is 0 Å². The summed E-state index contributed by atoms with van der Waals surface area (Å²) >= 11 is 0. The highest BCUT2D eigenvalue weighted by Gasteiger charge is 2.11. The molecule has 0 aromatic heterocycles. The van der Waals surface area contributed by atoms with Crippen molar-refractivity contribution in [3.05, 3.63) is 0 Å². The highest BCUT2D eigenvalue weighted by molar-refractivity contribution is 4.56. The third-order valence-electron chi connectivity index (χ3n) is 2.76. The molecule has 0 heterocycles. The molecule has 97 valence electrons. The second-order valence-corrected chi connectivity index (χ2v) is 4.16. The van der Waals surface area contributed by atoms with E-state index < -0.39 is 6.29 Å². The van der Waals surface area contributed by atoms with Gasteiger partial charge in [0.25, 0.3) is 0 Å². The van der Waals surface area contributed by atoms with E-state index in [1.165, 1.54) is 19.3 Å². The van der Waals surface area contributed by atoms with Gasteiger partial charge in [0.15, 0.2) is 6.29 Å². The van der Waals surface area contributed by atoms with Crippen LogP contribution in [0.4, 0.5) is 0 Å². The van der Waals surface area contributed by atoms with Gasteiger partial charge < -0.3 is 9.47 Å². The Kier molecular flexibility index (Phi) is 11.3. The number of hydrogen-bond donors (Lipinski definition) is 0. The van der Waals surface area contributed by atoms with Crippen LogP contribution < -0.4 is 0 Å². The molecule has 2 atom stereocenters. The van der Waals surface area contributed by atoms with Gasteiger partial charge in [-0.15, -0.1) is 0 Å². The van der Waals surface area contributed by atoms with Crippen molar-refractivity contribution in [2.45, 2.75) is 59.2 Å². The average molecular weight is 231 g/mol. The van der Waals surface area contributed by atoms with E-state index in [0.29, 0.717) is 32.2 Å². The van der Waals surface area contributed by atoms with Crippen molar-refractivity contribution in [2.75, 3.05) is 19.8 Å². The van der Waals surface area contributed by atoms with Gasteiger partial charge in [0.2, 0.25) is 0 Å². The number of ether oxygens (including phenoxy) is 2. The van der Waals surface area contributed by atoms with Crippen LogP contribution in [0.25, 0.3) is 0 Å². The molecule has 1 radical (unpaired) electrons. The first-order chi connectivity index (χ1) is 7.74. The highest BCUT2D eigenvalue weighted by Crippen LogP contribution is 2.14. The zero-order valence-electron chi connectivity index (χ0n) is 11.0. The van der Waals surface area contributed by atoms with E-state index in [0.717, 1.165) is 6.42 Å². The van der Waals surface area contributed by atoms with Gasteiger partial charge in [0.1, 0.15) is 0 Å². The largest absolute Gasteiger partial charge is 0.382 e. The summed E-state index contributed by atoms with van der Waals surface area (Å²) in [6.07, 6.45) is 4.25. The fraction of sp³-hybridized carbons (Fsp3) is 1.00. The quantitative estimate of drug-likeness (QED) is 0.404. The van der Waals surface area contributed by atoms with Crippen molar-refractivity contribution in [1.29, 1.82) is 0 Å². The summed E-state index contributed by atoms with van der Waals surface area (Å²) in [5.41, 5.74) is 0. The van der Waals surface area contributed by atoms with Crippen LogP contribution in [0.2, 0.25) is 0 Å². The first-order valence-electron chi connectivity index (χ1n) is 6.59. The molecule has 0 fully saturated rings.